The zero-order valence-electron chi connectivity index (χ0n) is 21.4. The number of ether oxygens (including phenoxy) is 2. The Labute approximate surface area is 221 Å². The van der Waals surface area contributed by atoms with Gasteiger partial charge in [0, 0.05) is 6.54 Å². The van der Waals surface area contributed by atoms with Gasteiger partial charge in [-0.3, -0.25) is 4.31 Å². The summed E-state index contributed by atoms with van der Waals surface area (Å²) in [6, 6.07) is 15.8. The lowest BCUT2D eigenvalue weighted by molar-refractivity contribution is -0.145. The van der Waals surface area contributed by atoms with Crippen molar-refractivity contribution in [2.24, 2.45) is 0 Å². The molecule has 0 atom stereocenters. The molecule has 0 saturated carbocycles. The maximum absolute atomic E-state index is 13.7. The van der Waals surface area contributed by atoms with Crippen LogP contribution in [0.3, 0.4) is 0 Å². The second kappa shape index (κ2) is 12.3. The van der Waals surface area contributed by atoms with Gasteiger partial charge in [0.25, 0.3) is 10.0 Å². The number of hydrogen-bond donors (Lipinski definition) is 0. The lowest BCUT2D eigenvalue weighted by atomic mass is 10.0. The average molecular weight is 550 g/mol. The molecule has 0 amide bonds. The molecule has 204 valence electrons. The molecule has 0 saturated heterocycles. The van der Waals surface area contributed by atoms with Crippen molar-refractivity contribution in [3.63, 3.8) is 0 Å². The summed E-state index contributed by atoms with van der Waals surface area (Å²) < 4.78 is 78.0. The molecule has 38 heavy (non-hydrogen) atoms. The van der Waals surface area contributed by atoms with Crippen LogP contribution in [-0.4, -0.2) is 34.1 Å². The summed E-state index contributed by atoms with van der Waals surface area (Å²) >= 11 is 0. The zero-order valence-corrected chi connectivity index (χ0v) is 22.2. The van der Waals surface area contributed by atoms with Crippen molar-refractivity contribution in [1.29, 1.82) is 0 Å². The SMILES string of the molecule is CCCCN(c1cccc(-c2ccc(C(F)(F)F)cc2)c1)S(=O)(=O)c1ccc(OCC(=O)OCC)c(C)c1. The van der Waals surface area contributed by atoms with Crippen LogP contribution >= 0.6 is 0 Å². The molecule has 0 bridgehead atoms. The van der Waals surface area contributed by atoms with Gasteiger partial charge in [0.15, 0.2) is 6.61 Å². The summed E-state index contributed by atoms with van der Waals surface area (Å²) in [5.74, 6) is -0.163. The number of benzene rings is 3. The maximum Gasteiger partial charge on any atom is 0.416 e. The first-order valence-electron chi connectivity index (χ1n) is 12.2. The molecular formula is C28H30F3NO5S. The fraction of sp³-hybridized carbons (Fsp3) is 0.321. The van der Waals surface area contributed by atoms with Crippen molar-refractivity contribution < 1.29 is 35.9 Å². The van der Waals surface area contributed by atoms with Crippen LogP contribution in [0.2, 0.25) is 0 Å². The van der Waals surface area contributed by atoms with Gasteiger partial charge in [-0.05, 0) is 79.4 Å². The van der Waals surface area contributed by atoms with Crippen LogP contribution in [0, 0.1) is 6.92 Å². The van der Waals surface area contributed by atoms with Gasteiger partial charge in [-0.15, -0.1) is 0 Å². The lowest BCUT2D eigenvalue weighted by Gasteiger charge is -2.25. The molecule has 0 N–H and O–H groups in total. The molecule has 0 aliphatic rings. The van der Waals surface area contributed by atoms with E-state index in [0.29, 0.717) is 34.5 Å². The van der Waals surface area contributed by atoms with E-state index in [-0.39, 0.29) is 24.7 Å². The van der Waals surface area contributed by atoms with Crippen molar-refractivity contribution in [1.82, 2.24) is 0 Å². The number of sulfonamides is 1. The van der Waals surface area contributed by atoms with Crippen molar-refractivity contribution in [3.05, 3.63) is 77.9 Å². The fourth-order valence-corrected chi connectivity index (χ4v) is 5.37. The molecule has 0 aromatic heterocycles. The van der Waals surface area contributed by atoms with Gasteiger partial charge in [-0.2, -0.15) is 13.2 Å². The Morgan fingerprint density at radius 3 is 2.26 bits per heavy atom. The second-order valence-electron chi connectivity index (χ2n) is 8.58. The Morgan fingerprint density at radius 2 is 1.66 bits per heavy atom. The molecule has 0 unspecified atom stereocenters. The van der Waals surface area contributed by atoms with E-state index in [2.05, 4.69) is 0 Å². The van der Waals surface area contributed by atoms with Gasteiger partial charge in [0.1, 0.15) is 5.75 Å². The Hall–Kier alpha value is -3.53. The number of esters is 1. The third-order valence-corrected chi connectivity index (χ3v) is 7.60. The molecule has 0 fully saturated rings. The predicted octanol–water partition coefficient (Wildman–Crippen LogP) is 6.62. The maximum atomic E-state index is 13.7. The van der Waals surface area contributed by atoms with Crippen LogP contribution in [-0.2, 0) is 25.7 Å². The first-order chi connectivity index (χ1) is 18.0. The van der Waals surface area contributed by atoms with E-state index < -0.39 is 27.7 Å². The van der Waals surface area contributed by atoms with E-state index in [4.69, 9.17) is 9.47 Å². The van der Waals surface area contributed by atoms with E-state index in [1.165, 1.54) is 34.6 Å². The van der Waals surface area contributed by atoms with Crippen LogP contribution in [0.15, 0.2) is 71.6 Å². The monoisotopic (exact) mass is 549 g/mol. The third kappa shape index (κ3) is 7.06. The number of carbonyl (C=O) groups excluding carboxylic acids is 1. The summed E-state index contributed by atoms with van der Waals surface area (Å²) in [5.41, 5.74) is 1.30. The van der Waals surface area contributed by atoms with Gasteiger partial charge in [0.05, 0.1) is 22.8 Å². The molecule has 0 spiro atoms. The molecular weight excluding hydrogens is 519 g/mol. The van der Waals surface area contributed by atoms with E-state index in [1.54, 1.807) is 38.1 Å². The first-order valence-corrected chi connectivity index (χ1v) is 13.6. The highest BCUT2D eigenvalue weighted by Gasteiger charge is 2.30. The second-order valence-corrected chi connectivity index (χ2v) is 10.4. The van der Waals surface area contributed by atoms with E-state index in [9.17, 15) is 26.4 Å². The number of carbonyl (C=O) groups is 1. The van der Waals surface area contributed by atoms with E-state index in [0.717, 1.165) is 18.6 Å². The Balaban J connectivity index is 1.93. The highest BCUT2D eigenvalue weighted by Crippen LogP contribution is 2.33. The Bertz CT molecular complexity index is 1360. The normalized spacial score (nSPS) is 11.7. The third-order valence-electron chi connectivity index (χ3n) is 5.78. The molecule has 0 radical (unpaired) electrons. The predicted molar refractivity (Wildman–Crippen MR) is 140 cm³/mol. The van der Waals surface area contributed by atoms with Gasteiger partial charge in [0.2, 0.25) is 0 Å². The summed E-state index contributed by atoms with van der Waals surface area (Å²) in [5, 5.41) is 0. The lowest BCUT2D eigenvalue weighted by Crippen LogP contribution is -2.32. The van der Waals surface area contributed by atoms with Crippen LogP contribution in [0.5, 0.6) is 5.75 Å². The highest BCUT2D eigenvalue weighted by atomic mass is 32.2. The molecule has 3 aromatic rings. The van der Waals surface area contributed by atoms with E-state index in [1.807, 2.05) is 6.92 Å². The minimum Gasteiger partial charge on any atom is -0.482 e. The molecule has 10 heteroatoms. The fourth-order valence-electron chi connectivity index (χ4n) is 3.79. The Morgan fingerprint density at radius 1 is 0.947 bits per heavy atom. The minimum absolute atomic E-state index is 0.0505. The smallest absolute Gasteiger partial charge is 0.416 e. The van der Waals surface area contributed by atoms with Gasteiger partial charge in [-0.25, -0.2) is 13.2 Å². The van der Waals surface area contributed by atoms with Crippen molar-refractivity contribution in [2.45, 2.75) is 44.7 Å². The molecule has 6 nitrogen and oxygen atoms in total. The average Bonchev–Trinajstić information content (AvgIpc) is 2.88. The topological polar surface area (TPSA) is 72.9 Å². The highest BCUT2D eigenvalue weighted by molar-refractivity contribution is 7.92. The van der Waals surface area contributed by atoms with E-state index >= 15 is 0 Å². The summed E-state index contributed by atoms with van der Waals surface area (Å²) in [7, 11) is -3.99. The van der Waals surface area contributed by atoms with Gasteiger partial charge in [-0.1, -0.05) is 37.6 Å². The number of alkyl halides is 3. The number of halogens is 3. The standard InChI is InChI=1S/C28H30F3NO5S/c1-4-6-16-32(24-9-7-8-22(18-24)21-10-12-23(13-11-21)28(29,30)31)38(34,35)25-14-15-26(20(3)17-25)37-19-27(33)36-5-2/h7-15,17-18H,4-6,16,19H2,1-3H3. The number of nitrogens with zero attached hydrogens (tertiary/aromatic N) is 1. The largest absolute Gasteiger partial charge is 0.482 e. The Kier molecular flexibility index (Phi) is 9.43. The number of unbranched alkanes of at least 4 members (excludes halogenated alkanes) is 1. The summed E-state index contributed by atoms with van der Waals surface area (Å²) in [4.78, 5) is 11.6. The number of hydrogen-bond acceptors (Lipinski definition) is 5. The van der Waals surface area contributed by atoms with Crippen molar-refractivity contribution in [2.75, 3.05) is 24.1 Å². The number of anilines is 1. The number of aryl methyl sites for hydroxylation is 1. The zero-order chi connectivity index (χ0) is 27.9. The summed E-state index contributed by atoms with van der Waals surface area (Å²) in [6.45, 7) is 5.47. The molecule has 3 aromatic carbocycles. The minimum atomic E-state index is -4.44. The van der Waals surface area contributed by atoms with Crippen LogP contribution in [0.1, 0.15) is 37.8 Å². The molecule has 0 aliphatic heterocycles. The van der Waals surface area contributed by atoms with Gasteiger partial charge < -0.3 is 9.47 Å². The van der Waals surface area contributed by atoms with Gasteiger partial charge >= 0.3 is 12.1 Å². The van der Waals surface area contributed by atoms with Crippen LogP contribution < -0.4 is 9.04 Å². The quantitative estimate of drug-likeness (QED) is 0.252. The van der Waals surface area contributed by atoms with Crippen molar-refractivity contribution in [3.8, 4) is 16.9 Å². The molecule has 0 heterocycles. The number of rotatable bonds is 11. The molecule has 0 aliphatic carbocycles. The summed E-state index contributed by atoms with van der Waals surface area (Å²) in [6.07, 6.45) is -3.09. The molecule has 3 rings (SSSR count). The van der Waals surface area contributed by atoms with Crippen molar-refractivity contribution >= 4 is 21.7 Å². The van der Waals surface area contributed by atoms with Crippen LogP contribution in [0.4, 0.5) is 18.9 Å². The van der Waals surface area contributed by atoms with Crippen LogP contribution in [0.25, 0.3) is 11.1 Å². The first kappa shape index (κ1) is 29.0.